The van der Waals surface area contributed by atoms with Crippen molar-refractivity contribution >= 4 is 5.69 Å². The fourth-order valence-electron chi connectivity index (χ4n) is 4.30. The van der Waals surface area contributed by atoms with Crippen LogP contribution in [-0.2, 0) is 20.1 Å². The molecule has 1 saturated heterocycles. The Kier molecular flexibility index (Phi) is 7.74. The van der Waals surface area contributed by atoms with E-state index in [1.807, 2.05) is 36.8 Å². The number of hydrogen-bond acceptors (Lipinski definition) is 6. The summed E-state index contributed by atoms with van der Waals surface area (Å²) in [6, 6.07) is 14.4. The molecule has 2 aromatic heterocycles. The lowest BCUT2D eigenvalue weighted by Gasteiger charge is -2.37. The van der Waals surface area contributed by atoms with Gasteiger partial charge in [-0.05, 0) is 37.2 Å². The van der Waals surface area contributed by atoms with Crippen molar-refractivity contribution in [3.8, 4) is 5.75 Å². The zero-order valence-electron chi connectivity index (χ0n) is 19.2. The smallest absolute Gasteiger partial charge is 0.142 e. The summed E-state index contributed by atoms with van der Waals surface area (Å²) in [5.41, 5.74) is 2.30. The highest BCUT2D eigenvalue weighted by atomic mass is 16.5. The molecule has 0 N–H and O–H groups in total. The summed E-state index contributed by atoms with van der Waals surface area (Å²) in [6.45, 7) is 8.04. The standard InChI is InChI=1S/C25H34N6O/c1-28-15-12-27-25(28)21-30(20-22-8-5-6-11-26-22)14-7-13-29-16-18-31(19-17-29)23-9-3-4-10-24(23)32-2/h3-6,8-12,15H,7,13-14,16-21H2,1-2H3. The van der Waals surface area contributed by atoms with Crippen LogP contribution in [0.25, 0.3) is 0 Å². The minimum atomic E-state index is 0.835. The van der Waals surface area contributed by atoms with Gasteiger partial charge in [0.2, 0.25) is 0 Å². The first kappa shape index (κ1) is 22.3. The Morgan fingerprint density at radius 3 is 2.47 bits per heavy atom. The van der Waals surface area contributed by atoms with Crippen molar-refractivity contribution in [2.75, 3.05) is 51.3 Å². The third-order valence-electron chi connectivity index (χ3n) is 6.14. The molecule has 3 aromatic rings. The van der Waals surface area contributed by atoms with Gasteiger partial charge in [0.15, 0.2) is 0 Å². The van der Waals surface area contributed by atoms with Gasteiger partial charge in [0.1, 0.15) is 11.6 Å². The number of rotatable bonds is 10. The molecule has 1 aliphatic rings. The molecule has 1 aromatic carbocycles. The highest BCUT2D eigenvalue weighted by molar-refractivity contribution is 5.58. The number of aromatic nitrogens is 3. The zero-order chi connectivity index (χ0) is 22.2. The van der Waals surface area contributed by atoms with Gasteiger partial charge in [0.05, 0.1) is 25.0 Å². The predicted octanol–water partition coefficient (Wildman–Crippen LogP) is 3.04. The van der Waals surface area contributed by atoms with Gasteiger partial charge in [-0.2, -0.15) is 0 Å². The van der Waals surface area contributed by atoms with Gasteiger partial charge in [-0.3, -0.25) is 14.8 Å². The van der Waals surface area contributed by atoms with Gasteiger partial charge in [-0.25, -0.2) is 4.98 Å². The molecule has 1 aliphatic heterocycles. The Morgan fingerprint density at radius 1 is 0.938 bits per heavy atom. The lowest BCUT2D eigenvalue weighted by Crippen LogP contribution is -2.47. The van der Waals surface area contributed by atoms with Gasteiger partial charge in [-0.15, -0.1) is 0 Å². The zero-order valence-corrected chi connectivity index (χ0v) is 19.2. The number of benzene rings is 1. The van der Waals surface area contributed by atoms with Crippen LogP contribution >= 0.6 is 0 Å². The average Bonchev–Trinajstić information content (AvgIpc) is 3.24. The summed E-state index contributed by atoms with van der Waals surface area (Å²) in [6.07, 6.45) is 6.88. The lowest BCUT2D eigenvalue weighted by atomic mass is 10.2. The Labute approximate surface area is 191 Å². The van der Waals surface area contributed by atoms with Gasteiger partial charge < -0.3 is 14.2 Å². The topological polar surface area (TPSA) is 49.7 Å². The number of aryl methyl sites for hydroxylation is 1. The van der Waals surface area contributed by atoms with E-state index in [2.05, 4.69) is 60.5 Å². The average molecular weight is 435 g/mol. The number of piperazine rings is 1. The number of ether oxygens (including phenoxy) is 1. The number of nitrogens with zero attached hydrogens (tertiary/aromatic N) is 6. The van der Waals surface area contributed by atoms with Gasteiger partial charge in [0.25, 0.3) is 0 Å². The van der Waals surface area contributed by atoms with Crippen molar-refractivity contribution in [1.29, 1.82) is 0 Å². The van der Waals surface area contributed by atoms with Crippen molar-refractivity contribution in [1.82, 2.24) is 24.3 Å². The Morgan fingerprint density at radius 2 is 1.75 bits per heavy atom. The fourth-order valence-corrected chi connectivity index (χ4v) is 4.30. The molecule has 1 fully saturated rings. The van der Waals surface area contributed by atoms with Crippen LogP contribution in [0.15, 0.2) is 61.1 Å². The lowest BCUT2D eigenvalue weighted by molar-refractivity contribution is 0.205. The van der Waals surface area contributed by atoms with Crippen LogP contribution in [0.2, 0.25) is 0 Å². The molecule has 0 radical (unpaired) electrons. The monoisotopic (exact) mass is 434 g/mol. The first-order chi connectivity index (χ1) is 15.7. The van der Waals surface area contributed by atoms with E-state index in [0.717, 1.165) is 76.0 Å². The molecule has 0 atom stereocenters. The normalized spacial score (nSPS) is 14.8. The van der Waals surface area contributed by atoms with Crippen molar-refractivity contribution in [2.45, 2.75) is 19.5 Å². The van der Waals surface area contributed by atoms with Crippen LogP contribution in [0.3, 0.4) is 0 Å². The van der Waals surface area contributed by atoms with E-state index in [1.54, 1.807) is 7.11 Å². The van der Waals surface area contributed by atoms with Gasteiger partial charge >= 0.3 is 0 Å². The predicted molar refractivity (Wildman–Crippen MR) is 128 cm³/mol. The summed E-state index contributed by atoms with van der Waals surface area (Å²) in [7, 11) is 3.80. The van der Waals surface area contributed by atoms with E-state index >= 15 is 0 Å². The maximum absolute atomic E-state index is 5.54. The molecule has 7 nitrogen and oxygen atoms in total. The Hall–Kier alpha value is -2.90. The van der Waals surface area contributed by atoms with E-state index in [-0.39, 0.29) is 0 Å². The second-order valence-corrected chi connectivity index (χ2v) is 8.34. The second-order valence-electron chi connectivity index (χ2n) is 8.34. The highest BCUT2D eigenvalue weighted by Gasteiger charge is 2.19. The van der Waals surface area contributed by atoms with E-state index in [9.17, 15) is 0 Å². The van der Waals surface area contributed by atoms with Crippen LogP contribution in [0.5, 0.6) is 5.75 Å². The van der Waals surface area contributed by atoms with Gasteiger partial charge in [-0.1, -0.05) is 18.2 Å². The molecule has 0 amide bonds. The van der Waals surface area contributed by atoms with Crippen molar-refractivity contribution in [3.63, 3.8) is 0 Å². The Bertz CT molecular complexity index is 952. The molecule has 0 unspecified atom stereocenters. The van der Waals surface area contributed by atoms with E-state index in [4.69, 9.17) is 4.74 Å². The molecule has 0 saturated carbocycles. The molecule has 3 heterocycles. The Balaban J connectivity index is 1.28. The maximum atomic E-state index is 5.54. The van der Waals surface area contributed by atoms with Crippen LogP contribution in [0, 0.1) is 0 Å². The molecular weight excluding hydrogens is 400 g/mol. The third kappa shape index (κ3) is 5.87. The summed E-state index contributed by atoms with van der Waals surface area (Å²) in [5.74, 6) is 2.05. The van der Waals surface area contributed by atoms with Crippen molar-refractivity contribution < 1.29 is 4.74 Å². The molecule has 0 aliphatic carbocycles. The summed E-state index contributed by atoms with van der Waals surface area (Å²) < 4.78 is 7.64. The first-order valence-corrected chi connectivity index (χ1v) is 11.4. The minimum Gasteiger partial charge on any atom is -0.495 e. The number of anilines is 1. The highest BCUT2D eigenvalue weighted by Crippen LogP contribution is 2.28. The summed E-state index contributed by atoms with van der Waals surface area (Å²) in [5, 5.41) is 0. The molecule has 4 rings (SSSR count). The second kappa shape index (κ2) is 11.1. The minimum absolute atomic E-state index is 0.835. The van der Waals surface area contributed by atoms with Crippen LogP contribution in [-0.4, -0.2) is 70.7 Å². The van der Waals surface area contributed by atoms with Crippen LogP contribution < -0.4 is 9.64 Å². The molecule has 170 valence electrons. The molecule has 0 bridgehead atoms. The van der Waals surface area contributed by atoms with Crippen LogP contribution in [0.4, 0.5) is 5.69 Å². The maximum Gasteiger partial charge on any atom is 0.142 e. The number of para-hydroxylation sites is 2. The molecule has 7 heteroatoms. The third-order valence-corrected chi connectivity index (χ3v) is 6.14. The summed E-state index contributed by atoms with van der Waals surface area (Å²) in [4.78, 5) is 16.5. The number of hydrogen-bond donors (Lipinski definition) is 0. The molecular formula is C25H34N6O. The fraction of sp³-hybridized carbons (Fsp3) is 0.440. The quantitative estimate of drug-likeness (QED) is 0.489. The number of pyridine rings is 1. The van der Waals surface area contributed by atoms with Crippen molar-refractivity contribution in [3.05, 3.63) is 72.6 Å². The molecule has 0 spiro atoms. The SMILES string of the molecule is COc1ccccc1N1CCN(CCCN(Cc2ccccn2)Cc2nccn2C)CC1. The van der Waals surface area contributed by atoms with E-state index in [0.29, 0.717) is 0 Å². The van der Waals surface area contributed by atoms with E-state index in [1.165, 1.54) is 5.69 Å². The molecule has 32 heavy (non-hydrogen) atoms. The number of imidazole rings is 1. The summed E-state index contributed by atoms with van der Waals surface area (Å²) >= 11 is 0. The van der Waals surface area contributed by atoms with Gasteiger partial charge in [0, 0.05) is 64.9 Å². The van der Waals surface area contributed by atoms with E-state index < -0.39 is 0 Å². The van der Waals surface area contributed by atoms with Crippen LogP contribution in [0.1, 0.15) is 17.9 Å². The van der Waals surface area contributed by atoms with Crippen molar-refractivity contribution in [2.24, 2.45) is 7.05 Å². The first-order valence-electron chi connectivity index (χ1n) is 11.4. The largest absolute Gasteiger partial charge is 0.495 e. The number of methoxy groups -OCH3 is 1.